The van der Waals surface area contributed by atoms with Crippen molar-refractivity contribution in [2.24, 2.45) is 4.99 Å². The summed E-state index contributed by atoms with van der Waals surface area (Å²) in [7, 11) is 0. The molecule has 104 valence electrons. The first kappa shape index (κ1) is 14.0. The molecule has 1 aromatic carbocycles. The van der Waals surface area contributed by atoms with Gasteiger partial charge in [0.05, 0.1) is 11.5 Å². The molecule has 0 amide bonds. The number of nitro groups is 1. The standard InChI is InChI=1S/C12H9ClN2O5/c1-2-19-6-9-12(16)20-11(14-9)7-3-4-8(13)10(5-7)15(17)18/h3-6H,2H2,1H3/b9-6-. The summed E-state index contributed by atoms with van der Waals surface area (Å²) in [5.74, 6) is -0.702. The number of carbonyl (C=O) groups is 1. The van der Waals surface area contributed by atoms with E-state index in [1.165, 1.54) is 24.5 Å². The minimum Gasteiger partial charge on any atom is -0.499 e. The lowest BCUT2D eigenvalue weighted by atomic mass is 10.2. The lowest BCUT2D eigenvalue weighted by Gasteiger charge is -2.00. The van der Waals surface area contributed by atoms with Crippen molar-refractivity contribution in [3.63, 3.8) is 0 Å². The van der Waals surface area contributed by atoms with Crippen LogP contribution in [0.4, 0.5) is 5.69 Å². The lowest BCUT2D eigenvalue weighted by molar-refractivity contribution is -0.384. The molecule has 1 aliphatic rings. The Morgan fingerprint density at radius 3 is 2.95 bits per heavy atom. The van der Waals surface area contributed by atoms with Gasteiger partial charge in [-0.3, -0.25) is 10.1 Å². The molecule has 0 radical (unpaired) electrons. The predicted molar refractivity (Wildman–Crippen MR) is 70.4 cm³/mol. The number of halogens is 1. The zero-order valence-electron chi connectivity index (χ0n) is 10.3. The van der Waals surface area contributed by atoms with Crippen molar-refractivity contribution in [2.45, 2.75) is 6.92 Å². The lowest BCUT2D eigenvalue weighted by Crippen LogP contribution is -2.06. The Balaban J connectivity index is 2.36. The number of carbonyl (C=O) groups excluding carboxylic acids is 1. The second-order valence-corrected chi connectivity index (χ2v) is 4.10. The Hall–Kier alpha value is -2.41. The van der Waals surface area contributed by atoms with Crippen molar-refractivity contribution in [3.8, 4) is 0 Å². The first-order valence-corrected chi connectivity index (χ1v) is 5.97. The number of hydrogen-bond acceptors (Lipinski definition) is 6. The van der Waals surface area contributed by atoms with Crippen molar-refractivity contribution < 1.29 is 19.2 Å². The molecule has 0 saturated heterocycles. The Morgan fingerprint density at radius 2 is 2.30 bits per heavy atom. The monoisotopic (exact) mass is 296 g/mol. The molecule has 0 aliphatic carbocycles. The summed E-state index contributed by atoms with van der Waals surface area (Å²) < 4.78 is 9.88. The number of aliphatic imine (C=N–C) groups is 1. The van der Waals surface area contributed by atoms with Crippen molar-refractivity contribution >= 4 is 29.2 Å². The molecular weight excluding hydrogens is 288 g/mol. The fourth-order valence-electron chi connectivity index (χ4n) is 1.46. The van der Waals surface area contributed by atoms with Crippen molar-refractivity contribution in [1.29, 1.82) is 0 Å². The first-order chi connectivity index (χ1) is 9.52. The van der Waals surface area contributed by atoms with Gasteiger partial charge in [-0.15, -0.1) is 0 Å². The van der Waals surface area contributed by atoms with Crippen LogP contribution in [0.1, 0.15) is 12.5 Å². The molecular formula is C12H9ClN2O5. The second-order valence-electron chi connectivity index (χ2n) is 3.69. The smallest absolute Gasteiger partial charge is 0.367 e. The van der Waals surface area contributed by atoms with Crippen LogP contribution in [0.2, 0.25) is 5.02 Å². The van der Waals surface area contributed by atoms with Gasteiger partial charge in [-0.25, -0.2) is 9.79 Å². The predicted octanol–water partition coefficient (Wildman–Crippen LogP) is 2.43. The molecule has 0 fully saturated rings. The number of benzene rings is 1. The van der Waals surface area contributed by atoms with Crippen LogP contribution in [-0.2, 0) is 14.3 Å². The normalized spacial score (nSPS) is 16.0. The van der Waals surface area contributed by atoms with Crippen LogP contribution in [-0.4, -0.2) is 23.4 Å². The Morgan fingerprint density at radius 1 is 1.55 bits per heavy atom. The third-order valence-electron chi connectivity index (χ3n) is 2.37. The summed E-state index contributed by atoms with van der Waals surface area (Å²) in [6.45, 7) is 2.14. The maximum absolute atomic E-state index is 11.5. The van der Waals surface area contributed by atoms with E-state index in [2.05, 4.69) is 4.99 Å². The number of esters is 1. The molecule has 0 aromatic heterocycles. The summed E-state index contributed by atoms with van der Waals surface area (Å²) in [4.78, 5) is 25.6. The summed E-state index contributed by atoms with van der Waals surface area (Å²) in [5, 5.41) is 10.8. The number of hydrogen-bond donors (Lipinski definition) is 0. The number of nitrogens with zero attached hydrogens (tertiary/aromatic N) is 2. The third-order valence-corrected chi connectivity index (χ3v) is 2.69. The molecule has 0 spiro atoms. The number of rotatable bonds is 4. The maximum atomic E-state index is 11.5. The number of ether oxygens (including phenoxy) is 2. The van der Waals surface area contributed by atoms with Crippen LogP contribution in [0.3, 0.4) is 0 Å². The van der Waals surface area contributed by atoms with Gasteiger partial charge in [-0.05, 0) is 19.1 Å². The van der Waals surface area contributed by atoms with Gasteiger partial charge in [0.15, 0.2) is 5.70 Å². The van der Waals surface area contributed by atoms with E-state index in [1.807, 2.05) is 0 Å². The van der Waals surface area contributed by atoms with E-state index >= 15 is 0 Å². The number of cyclic esters (lactones) is 1. The molecule has 1 aliphatic heterocycles. The van der Waals surface area contributed by atoms with Crippen molar-refractivity contribution in [1.82, 2.24) is 0 Å². The molecule has 0 saturated carbocycles. The zero-order chi connectivity index (χ0) is 14.7. The zero-order valence-corrected chi connectivity index (χ0v) is 11.1. The van der Waals surface area contributed by atoms with Crippen LogP contribution >= 0.6 is 11.6 Å². The highest BCUT2D eigenvalue weighted by Gasteiger charge is 2.26. The van der Waals surface area contributed by atoms with Crippen LogP contribution in [0.25, 0.3) is 0 Å². The highest BCUT2D eigenvalue weighted by Crippen LogP contribution is 2.27. The van der Waals surface area contributed by atoms with Gasteiger partial charge in [-0.1, -0.05) is 11.6 Å². The minimum absolute atomic E-state index is 0.000506. The third kappa shape index (κ3) is 2.77. The molecule has 2 rings (SSSR count). The Labute approximate surface area is 118 Å². The van der Waals surface area contributed by atoms with Crippen molar-refractivity contribution in [3.05, 3.63) is 50.9 Å². The van der Waals surface area contributed by atoms with Gasteiger partial charge in [0.1, 0.15) is 11.3 Å². The first-order valence-electron chi connectivity index (χ1n) is 5.60. The molecule has 0 bridgehead atoms. The molecule has 1 aromatic rings. The fraction of sp³-hybridized carbons (Fsp3) is 0.167. The molecule has 0 N–H and O–H groups in total. The fourth-order valence-corrected chi connectivity index (χ4v) is 1.65. The number of nitro benzene ring substituents is 1. The Kier molecular flexibility index (Phi) is 3.99. The molecule has 1 heterocycles. The van der Waals surface area contributed by atoms with Gasteiger partial charge in [-0.2, -0.15) is 0 Å². The van der Waals surface area contributed by atoms with Crippen LogP contribution in [0, 0.1) is 10.1 Å². The minimum atomic E-state index is -0.675. The van der Waals surface area contributed by atoms with E-state index in [9.17, 15) is 14.9 Å². The maximum Gasteiger partial charge on any atom is 0.367 e. The van der Waals surface area contributed by atoms with E-state index in [0.717, 1.165) is 0 Å². The second kappa shape index (κ2) is 5.70. The van der Waals surface area contributed by atoms with Gasteiger partial charge < -0.3 is 9.47 Å². The van der Waals surface area contributed by atoms with Crippen LogP contribution in [0.5, 0.6) is 0 Å². The highest BCUT2D eigenvalue weighted by molar-refractivity contribution is 6.32. The van der Waals surface area contributed by atoms with Gasteiger partial charge in [0, 0.05) is 11.6 Å². The molecule has 0 unspecified atom stereocenters. The van der Waals surface area contributed by atoms with E-state index < -0.39 is 10.9 Å². The van der Waals surface area contributed by atoms with Gasteiger partial charge in [0.2, 0.25) is 5.90 Å². The van der Waals surface area contributed by atoms with Gasteiger partial charge >= 0.3 is 5.97 Å². The largest absolute Gasteiger partial charge is 0.499 e. The molecule has 20 heavy (non-hydrogen) atoms. The Bertz CT molecular complexity index is 639. The summed E-state index contributed by atoms with van der Waals surface area (Å²) in [6, 6.07) is 4.01. The van der Waals surface area contributed by atoms with Crippen molar-refractivity contribution in [2.75, 3.05) is 6.61 Å². The molecule has 8 heteroatoms. The summed E-state index contributed by atoms with van der Waals surface area (Å²) in [5.41, 5.74) is -0.000968. The van der Waals surface area contributed by atoms with E-state index in [0.29, 0.717) is 6.61 Å². The quantitative estimate of drug-likeness (QED) is 0.280. The molecule has 0 atom stereocenters. The van der Waals surface area contributed by atoms with Gasteiger partial charge in [0.25, 0.3) is 5.69 Å². The van der Waals surface area contributed by atoms with E-state index in [-0.39, 0.29) is 27.9 Å². The van der Waals surface area contributed by atoms with E-state index in [1.54, 1.807) is 6.92 Å². The topological polar surface area (TPSA) is 91.0 Å². The average Bonchev–Trinajstić information content (AvgIpc) is 2.78. The van der Waals surface area contributed by atoms with Crippen LogP contribution in [0.15, 0.2) is 35.2 Å². The molecule has 7 nitrogen and oxygen atoms in total. The average molecular weight is 297 g/mol. The van der Waals surface area contributed by atoms with Crippen LogP contribution < -0.4 is 0 Å². The summed E-state index contributed by atoms with van der Waals surface area (Å²) >= 11 is 5.70. The SMILES string of the molecule is CCO/C=C1\N=C(c2ccc(Cl)c([N+](=O)[O-])c2)OC1=O. The summed E-state index contributed by atoms with van der Waals surface area (Å²) in [6.07, 6.45) is 1.18. The van der Waals surface area contributed by atoms with E-state index in [4.69, 9.17) is 21.1 Å². The highest BCUT2D eigenvalue weighted by atomic mass is 35.5.